The third-order valence-corrected chi connectivity index (χ3v) is 6.95. The van der Waals surface area contributed by atoms with Crippen LogP contribution in [-0.2, 0) is 5.41 Å². The SMILES string of the molecule is CCCC[C@H]1N(NC(=O)c2cccc(OC)c2C)C(=O)c2cc(OC)c(C)c(OC)c2C1(C)C. The lowest BCUT2D eigenvalue weighted by atomic mass is 9.70. The smallest absolute Gasteiger partial charge is 0.273 e. The van der Waals surface area contributed by atoms with Gasteiger partial charge in [-0.1, -0.05) is 39.7 Å². The Balaban J connectivity index is 2.14. The second-order valence-electron chi connectivity index (χ2n) is 9.29. The van der Waals surface area contributed by atoms with Crippen molar-refractivity contribution in [1.29, 1.82) is 0 Å². The fourth-order valence-corrected chi connectivity index (χ4v) is 5.04. The van der Waals surface area contributed by atoms with E-state index in [0.717, 1.165) is 36.0 Å². The van der Waals surface area contributed by atoms with Gasteiger partial charge in [-0.15, -0.1) is 0 Å². The Bertz CT molecular complexity index is 1090. The Morgan fingerprint density at radius 2 is 1.74 bits per heavy atom. The Morgan fingerprint density at radius 1 is 1.06 bits per heavy atom. The molecule has 0 radical (unpaired) electrons. The van der Waals surface area contributed by atoms with Crippen molar-refractivity contribution in [3.05, 3.63) is 52.1 Å². The number of rotatable bonds is 8. The molecule has 1 heterocycles. The van der Waals surface area contributed by atoms with Gasteiger partial charge in [0.25, 0.3) is 11.8 Å². The van der Waals surface area contributed by atoms with E-state index in [1.165, 1.54) is 5.01 Å². The highest BCUT2D eigenvalue weighted by Crippen LogP contribution is 2.48. The van der Waals surface area contributed by atoms with Crippen molar-refractivity contribution in [1.82, 2.24) is 10.4 Å². The lowest BCUT2D eigenvalue weighted by Gasteiger charge is -2.47. The Kier molecular flexibility index (Phi) is 7.44. The maximum Gasteiger partial charge on any atom is 0.273 e. The first-order valence-corrected chi connectivity index (χ1v) is 11.7. The number of carbonyl (C=O) groups is 2. The summed E-state index contributed by atoms with van der Waals surface area (Å²) < 4.78 is 16.7. The molecule has 0 saturated heterocycles. The van der Waals surface area contributed by atoms with E-state index in [1.54, 1.807) is 39.5 Å². The number of hydrogen-bond acceptors (Lipinski definition) is 5. The predicted molar refractivity (Wildman–Crippen MR) is 132 cm³/mol. The van der Waals surface area contributed by atoms with Gasteiger partial charge in [0, 0.05) is 27.7 Å². The summed E-state index contributed by atoms with van der Waals surface area (Å²) in [5, 5.41) is 1.51. The number of ether oxygens (including phenoxy) is 3. The van der Waals surface area contributed by atoms with Gasteiger partial charge in [-0.25, -0.2) is 5.01 Å². The van der Waals surface area contributed by atoms with Crippen molar-refractivity contribution < 1.29 is 23.8 Å². The fourth-order valence-electron chi connectivity index (χ4n) is 5.04. The van der Waals surface area contributed by atoms with Crippen LogP contribution in [0.1, 0.15) is 77.4 Å². The van der Waals surface area contributed by atoms with E-state index in [9.17, 15) is 9.59 Å². The van der Waals surface area contributed by atoms with Crippen LogP contribution < -0.4 is 19.6 Å². The molecule has 2 amide bonds. The average Bonchev–Trinajstić information content (AvgIpc) is 2.81. The highest BCUT2D eigenvalue weighted by atomic mass is 16.5. The topological polar surface area (TPSA) is 77.1 Å². The first-order valence-electron chi connectivity index (χ1n) is 11.7. The average molecular weight is 469 g/mol. The number of benzene rings is 2. The van der Waals surface area contributed by atoms with E-state index in [1.807, 2.05) is 19.9 Å². The molecule has 1 aliphatic heterocycles. The minimum absolute atomic E-state index is 0.260. The first-order chi connectivity index (χ1) is 16.1. The molecule has 0 aliphatic carbocycles. The van der Waals surface area contributed by atoms with Crippen LogP contribution >= 0.6 is 0 Å². The van der Waals surface area contributed by atoms with Gasteiger partial charge in [-0.05, 0) is 38.5 Å². The van der Waals surface area contributed by atoms with Crippen LogP contribution in [0.5, 0.6) is 17.2 Å². The molecule has 0 saturated carbocycles. The van der Waals surface area contributed by atoms with E-state index in [-0.39, 0.29) is 17.9 Å². The van der Waals surface area contributed by atoms with E-state index in [0.29, 0.717) is 28.4 Å². The van der Waals surface area contributed by atoms with Crippen molar-refractivity contribution in [3.8, 4) is 17.2 Å². The molecule has 0 unspecified atom stereocenters. The molecule has 2 aromatic carbocycles. The second-order valence-corrected chi connectivity index (χ2v) is 9.29. The van der Waals surface area contributed by atoms with Crippen LogP contribution in [0.2, 0.25) is 0 Å². The number of carbonyl (C=O) groups excluding carboxylic acids is 2. The van der Waals surface area contributed by atoms with Gasteiger partial charge >= 0.3 is 0 Å². The summed E-state index contributed by atoms with van der Waals surface area (Å²) >= 11 is 0. The van der Waals surface area contributed by atoms with Gasteiger partial charge in [-0.2, -0.15) is 0 Å². The lowest BCUT2D eigenvalue weighted by Crippen LogP contribution is -2.61. The molecule has 2 aromatic rings. The highest BCUT2D eigenvalue weighted by Gasteiger charge is 2.48. The Labute approximate surface area is 202 Å². The largest absolute Gasteiger partial charge is 0.496 e. The number of nitrogens with one attached hydrogen (secondary N) is 1. The predicted octanol–water partition coefficient (Wildman–Crippen LogP) is 4.97. The number of amides is 2. The minimum atomic E-state index is -0.489. The molecular formula is C27H36N2O5. The van der Waals surface area contributed by atoms with Gasteiger partial charge in [-0.3, -0.25) is 15.0 Å². The summed E-state index contributed by atoms with van der Waals surface area (Å²) in [6, 6.07) is 6.80. The molecule has 0 fully saturated rings. The Morgan fingerprint density at radius 3 is 2.32 bits per heavy atom. The molecule has 1 aliphatic rings. The van der Waals surface area contributed by atoms with Crippen molar-refractivity contribution in [2.24, 2.45) is 0 Å². The van der Waals surface area contributed by atoms with Crippen LogP contribution in [0.25, 0.3) is 0 Å². The fraction of sp³-hybridized carbons (Fsp3) is 0.481. The second kappa shape index (κ2) is 9.95. The zero-order valence-electron chi connectivity index (χ0n) is 21.5. The number of unbranched alkanes of at least 4 members (excludes halogenated alkanes) is 1. The molecule has 7 heteroatoms. The van der Waals surface area contributed by atoms with Gasteiger partial charge in [0.05, 0.1) is 32.9 Å². The number of hydrogen-bond donors (Lipinski definition) is 1. The van der Waals surface area contributed by atoms with E-state index in [4.69, 9.17) is 14.2 Å². The molecule has 0 spiro atoms. The maximum absolute atomic E-state index is 13.9. The van der Waals surface area contributed by atoms with Crippen LogP contribution in [0, 0.1) is 13.8 Å². The zero-order valence-corrected chi connectivity index (χ0v) is 21.5. The molecule has 1 N–H and O–H groups in total. The molecule has 3 rings (SSSR count). The summed E-state index contributed by atoms with van der Waals surface area (Å²) in [7, 11) is 4.76. The number of nitrogens with zero attached hydrogens (tertiary/aromatic N) is 1. The molecule has 184 valence electrons. The standard InChI is InChI=1S/C27H36N2O5/c1-9-10-14-22-27(4,5)23-19(15-21(33-7)17(3)24(23)34-8)26(31)29(22)28-25(30)18-12-11-13-20(32-6)16(18)2/h11-13,15,22H,9-10,14H2,1-8H3,(H,28,30)/t22-/m1/s1. The lowest BCUT2D eigenvalue weighted by molar-refractivity contribution is 0.0295. The van der Waals surface area contributed by atoms with Gasteiger partial charge in [0.1, 0.15) is 17.2 Å². The third kappa shape index (κ3) is 4.19. The highest BCUT2D eigenvalue weighted by molar-refractivity contribution is 6.03. The molecule has 0 bridgehead atoms. The molecule has 0 aromatic heterocycles. The quantitative estimate of drug-likeness (QED) is 0.592. The molecule has 1 atom stereocenters. The van der Waals surface area contributed by atoms with Crippen LogP contribution in [-0.4, -0.2) is 44.2 Å². The first kappa shape index (κ1) is 25.4. The summed E-state index contributed by atoms with van der Waals surface area (Å²) in [5.74, 6) is 1.22. The monoisotopic (exact) mass is 468 g/mol. The van der Waals surface area contributed by atoms with Gasteiger partial charge in [0.15, 0.2) is 0 Å². The zero-order chi connectivity index (χ0) is 25.2. The molecule has 7 nitrogen and oxygen atoms in total. The van der Waals surface area contributed by atoms with Crippen LogP contribution in [0.4, 0.5) is 0 Å². The summed E-state index contributed by atoms with van der Waals surface area (Å²) in [5.41, 5.74) is 5.79. The van der Waals surface area contributed by atoms with E-state index >= 15 is 0 Å². The van der Waals surface area contributed by atoms with Crippen molar-refractivity contribution >= 4 is 11.8 Å². The molecule has 34 heavy (non-hydrogen) atoms. The number of hydrazine groups is 1. The summed E-state index contributed by atoms with van der Waals surface area (Å²) in [4.78, 5) is 27.3. The van der Waals surface area contributed by atoms with Crippen molar-refractivity contribution in [2.45, 2.75) is 65.3 Å². The van der Waals surface area contributed by atoms with Crippen molar-refractivity contribution in [2.75, 3.05) is 21.3 Å². The van der Waals surface area contributed by atoms with Crippen molar-refractivity contribution in [3.63, 3.8) is 0 Å². The molecular weight excluding hydrogens is 432 g/mol. The number of methoxy groups -OCH3 is 3. The summed E-state index contributed by atoms with van der Waals surface area (Å²) in [6.45, 7) is 10.1. The summed E-state index contributed by atoms with van der Waals surface area (Å²) in [6.07, 6.45) is 2.63. The Hall–Kier alpha value is -3.22. The van der Waals surface area contributed by atoms with E-state index in [2.05, 4.69) is 26.2 Å². The van der Waals surface area contributed by atoms with Gasteiger partial charge in [0.2, 0.25) is 0 Å². The van der Waals surface area contributed by atoms with Crippen LogP contribution in [0.15, 0.2) is 24.3 Å². The maximum atomic E-state index is 13.9. The van der Waals surface area contributed by atoms with E-state index < -0.39 is 5.41 Å². The third-order valence-electron chi connectivity index (χ3n) is 6.95. The minimum Gasteiger partial charge on any atom is -0.496 e. The normalized spacial score (nSPS) is 16.6. The van der Waals surface area contributed by atoms with Crippen LogP contribution in [0.3, 0.4) is 0 Å². The van der Waals surface area contributed by atoms with Gasteiger partial charge < -0.3 is 14.2 Å². The number of fused-ring (bicyclic) bond motifs is 1.